The summed E-state index contributed by atoms with van der Waals surface area (Å²) >= 11 is 1.71. The fourth-order valence-corrected chi connectivity index (χ4v) is 2.91. The number of hydrogen-bond donors (Lipinski definition) is 1. The summed E-state index contributed by atoms with van der Waals surface area (Å²) in [4.78, 5) is 4.21. The predicted octanol–water partition coefficient (Wildman–Crippen LogP) is 3.70. The Morgan fingerprint density at radius 1 is 1.35 bits per heavy atom. The summed E-state index contributed by atoms with van der Waals surface area (Å²) in [5.74, 6) is 0.808. The van der Waals surface area contributed by atoms with E-state index in [9.17, 15) is 0 Å². The molecule has 0 amide bonds. The number of oxazole rings is 1. The van der Waals surface area contributed by atoms with Gasteiger partial charge in [0, 0.05) is 21.0 Å². The Kier molecular flexibility index (Phi) is 2.37. The molecule has 3 nitrogen and oxygen atoms in total. The molecule has 2 heterocycles. The van der Waals surface area contributed by atoms with Gasteiger partial charge in [-0.25, -0.2) is 0 Å². The quantitative estimate of drug-likeness (QED) is 0.747. The highest BCUT2D eigenvalue weighted by molar-refractivity contribution is 7.17. The monoisotopic (exact) mass is 244 g/mol. The van der Waals surface area contributed by atoms with E-state index < -0.39 is 0 Å². The molecule has 0 aliphatic heterocycles. The zero-order valence-electron chi connectivity index (χ0n) is 9.43. The lowest BCUT2D eigenvalue weighted by Crippen LogP contribution is -1.85. The van der Waals surface area contributed by atoms with Crippen molar-refractivity contribution in [3.8, 4) is 11.3 Å². The minimum absolute atomic E-state index is 0.243. The smallest absolute Gasteiger partial charge is 0.292 e. The summed E-state index contributed by atoms with van der Waals surface area (Å²) in [5, 5.41) is 3.30. The Morgan fingerprint density at radius 3 is 3.00 bits per heavy atom. The number of hydrogen-bond acceptors (Lipinski definition) is 4. The van der Waals surface area contributed by atoms with Gasteiger partial charge in [0.2, 0.25) is 0 Å². The number of nitrogens with zero attached hydrogens (tertiary/aromatic N) is 1. The van der Waals surface area contributed by atoms with Gasteiger partial charge in [-0.3, -0.25) is 0 Å². The second-order valence-corrected chi connectivity index (χ2v) is 4.74. The maximum Gasteiger partial charge on any atom is 0.292 e. The first-order chi connectivity index (χ1) is 8.29. The van der Waals surface area contributed by atoms with Crippen LogP contribution in [0.2, 0.25) is 0 Å². The first kappa shape index (κ1) is 10.4. The molecule has 0 unspecified atom stereocenters. The third-order valence-corrected chi connectivity index (χ3v) is 3.74. The van der Waals surface area contributed by atoms with Crippen molar-refractivity contribution in [3.05, 3.63) is 35.3 Å². The fourth-order valence-electron chi connectivity index (χ4n) is 1.97. The van der Waals surface area contributed by atoms with E-state index in [4.69, 9.17) is 10.2 Å². The number of nitrogens with two attached hydrogens (primary N) is 1. The molecule has 2 N–H and O–H groups in total. The Balaban J connectivity index is 2.26. The average Bonchev–Trinajstić information content (AvgIpc) is 2.91. The van der Waals surface area contributed by atoms with Crippen molar-refractivity contribution >= 4 is 27.4 Å². The first-order valence-corrected chi connectivity index (χ1v) is 6.39. The summed E-state index contributed by atoms with van der Waals surface area (Å²) in [5.41, 5.74) is 7.64. The third-order valence-electron chi connectivity index (χ3n) is 2.77. The van der Waals surface area contributed by atoms with E-state index in [0.29, 0.717) is 0 Å². The highest BCUT2D eigenvalue weighted by Crippen LogP contribution is 2.36. The standard InChI is InChI=1S/C13H12N2OS/c1-2-10-12(16-13(14)15-10)9-7-17-11-6-4-3-5-8(9)11/h3-7H,2H2,1H3,(H2,14,15). The molecular weight excluding hydrogens is 232 g/mol. The van der Waals surface area contributed by atoms with Crippen molar-refractivity contribution in [1.82, 2.24) is 4.98 Å². The highest BCUT2D eigenvalue weighted by atomic mass is 32.1. The van der Waals surface area contributed by atoms with Crippen molar-refractivity contribution in [2.45, 2.75) is 13.3 Å². The number of nitrogen functional groups attached to an aromatic ring is 1. The molecule has 0 saturated carbocycles. The zero-order chi connectivity index (χ0) is 11.8. The third kappa shape index (κ3) is 1.61. The lowest BCUT2D eigenvalue weighted by Gasteiger charge is -1.96. The largest absolute Gasteiger partial charge is 0.423 e. The highest BCUT2D eigenvalue weighted by Gasteiger charge is 2.15. The van der Waals surface area contributed by atoms with Crippen LogP contribution in [0.15, 0.2) is 34.1 Å². The Bertz CT molecular complexity index is 669. The second kappa shape index (κ2) is 3.89. The predicted molar refractivity (Wildman–Crippen MR) is 71.1 cm³/mol. The summed E-state index contributed by atoms with van der Waals surface area (Å²) in [7, 11) is 0. The molecule has 0 saturated heterocycles. The number of aromatic nitrogens is 1. The van der Waals surface area contributed by atoms with Gasteiger partial charge >= 0.3 is 0 Å². The molecule has 0 atom stereocenters. The Morgan fingerprint density at radius 2 is 2.18 bits per heavy atom. The lowest BCUT2D eigenvalue weighted by atomic mass is 10.1. The van der Waals surface area contributed by atoms with E-state index in [0.717, 1.165) is 23.4 Å². The molecule has 0 spiro atoms. The van der Waals surface area contributed by atoms with E-state index in [1.807, 2.05) is 12.1 Å². The molecule has 4 heteroatoms. The van der Waals surface area contributed by atoms with Crippen molar-refractivity contribution in [1.29, 1.82) is 0 Å². The normalized spacial score (nSPS) is 11.1. The molecule has 3 rings (SSSR count). The topological polar surface area (TPSA) is 52.0 Å². The van der Waals surface area contributed by atoms with Crippen molar-refractivity contribution < 1.29 is 4.42 Å². The molecule has 2 aromatic heterocycles. The molecule has 86 valence electrons. The zero-order valence-corrected chi connectivity index (χ0v) is 10.3. The number of benzene rings is 1. The number of anilines is 1. The Hall–Kier alpha value is -1.81. The average molecular weight is 244 g/mol. The van der Waals surface area contributed by atoms with E-state index in [-0.39, 0.29) is 6.01 Å². The molecule has 1 aromatic carbocycles. The lowest BCUT2D eigenvalue weighted by molar-refractivity contribution is 0.594. The fraction of sp³-hybridized carbons (Fsp3) is 0.154. The number of rotatable bonds is 2. The molecule has 3 aromatic rings. The van der Waals surface area contributed by atoms with Crippen LogP contribution in [0.5, 0.6) is 0 Å². The number of thiophene rings is 1. The maximum atomic E-state index is 5.63. The van der Waals surface area contributed by atoms with Gasteiger partial charge in [-0.15, -0.1) is 11.3 Å². The van der Waals surface area contributed by atoms with E-state index in [1.54, 1.807) is 11.3 Å². The molecule has 0 aliphatic rings. The van der Waals surface area contributed by atoms with Crippen molar-refractivity contribution in [2.75, 3.05) is 5.73 Å². The minimum atomic E-state index is 0.243. The van der Waals surface area contributed by atoms with Gasteiger partial charge < -0.3 is 10.2 Å². The molecule has 0 aliphatic carbocycles. The van der Waals surface area contributed by atoms with Crippen LogP contribution in [0.3, 0.4) is 0 Å². The van der Waals surface area contributed by atoms with E-state index >= 15 is 0 Å². The van der Waals surface area contributed by atoms with Crippen molar-refractivity contribution in [3.63, 3.8) is 0 Å². The minimum Gasteiger partial charge on any atom is -0.423 e. The van der Waals surface area contributed by atoms with Crippen LogP contribution in [0.4, 0.5) is 6.01 Å². The van der Waals surface area contributed by atoms with Crippen LogP contribution in [-0.2, 0) is 6.42 Å². The number of aryl methyl sites for hydroxylation is 1. The van der Waals surface area contributed by atoms with Gasteiger partial charge in [-0.05, 0) is 12.5 Å². The molecule has 0 bridgehead atoms. The molecular formula is C13H12N2OS. The van der Waals surface area contributed by atoms with Gasteiger partial charge in [0.25, 0.3) is 6.01 Å². The van der Waals surface area contributed by atoms with E-state index in [1.165, 1.54) is 10.1 Å². The van der Waals surface area contributed by atoms with Gasteiger partial charge in [-0.1, -0.05) is 25.1 Å². The van der Waals surface area contributed by atoms with Crippen LogP contribution in [-0.4, -0.2) is 4.98 Å². The summed E-state index contributed by atoms with van der Waals surface area (Å²) in [6, 6.07) is 8.52. The first-order valence-electron chi connectivity index (χ1n) is 5.51. The SMILES string of the molecule is CCc1nc(N)oc1-c1csc2ccccc12. The van der Waals surface area contributed by atoms with Crippen LogP contribution in [0, 0.1) is 0 Å². The second-order valence-electron chi connectivity index (χ2n) is 3.83. The van der Waals surface area contributed by atoms with Gasteiger partial charge in [-0.2, -0.15) is 4.98 Å². The van der Waals surface area contributed by atoms with Crippen LogP contribution in [0.25, 0.3) is 21.4 Å². The number of fused-ring (bicyclic) bond motifs is 1. The molecule has 0 radical (unpaired) electrons. The molecule has 0 fully saturated rings. The van der Waals surface area contributed by atoms with Gasteiger partial charge in [0.15, 0.2) is 5.76 Å². The van der Waals surface area contributed by atoms with Crippen LogP contribution < -0.4 is 5.73 Å². The van der Waals surface area contributed by atoms with Gasteiger partial charge in [0.05, 0.1) is 5.69 Å². The molecule has 17 heavy (non-hydrogen) atoms. The van der Waals surface area contributed by atoms with Crippen LogP contribution >= 0.6 is 11.3 Å². The summed E-state index contributed by atoms with van der Waals surface area (Å²) in [6.45, 7) is 2.05. The summed E-state index contributed by atoms with van der Waals surface area (Å²) < 4.78 is 6.78. The maximum absolute atomic E-state index is 5.63. The van der Waals surface area contributed by atoms with Crippen LogP contribution in [0.1, 0.15) is 12.6 Å². The van der Waals surface area contributed by atoms with Crippen molar-refractivity contribution in [2.24, 2.45) is 0 Å². The Labute approximate surface area is 103 Å². The van der Waals surface area contributed by atoms with E-state index in [2.05, 4.69) is 29.4 Å². The van der Waals surface area contributed by atoms with Gasteiger partial charge in [0.1, 0.15) is 0 Å². The summed E-state index contributed by atoms with van der Waals surface area (Å²) in [6.07, 6.45) is 0.820.